The second-order valence-corrected chi connectivity index (χ2v) is 9.85. The van der Waals surface area contributed by atoms with Crippen molar-refractivity contribution >= 4 is 21.6 Å². The summed E-state index contributed by atoms with van der Waals surface area (Å²) in [5.41, 5.74) is 3.68. The highest BCUT2D eigenvalue weighted by molar-refractivity contribution is 7.92. The van der Waals surface area contributed by atoms with Crippen LogP contribution in [0, 0.1) is 13.8 Å². The van der Waals surface area contributed by atoms with Crippen molar-refractivity contribution < 1.29 is 13.2 Å². The Morgan fingerprint density at radius 2 is 1.68 bits per heavy atom. The van der Waals surface area contributed by atoms with E-state index in [2.05, 4.69) is 5.32 Å². The van der Waals surface area contributed by atoms with Crippen molar-refractivity contribution in [2.75, 3.05) is 10.6 Å². The molecular formula is C22H30N2O3S. The summed E-state index contributed by atoms with van der Waals surface area (Å²) < 4.78 is 26.3. The molecule has 0 aliphatic heterocycles. The minimum Gasteiger partial charge on any atom is -0.347 e. The lowest BCUT2D eigenvalue weighted by atomic mass is 10.0. The number of sulfonamides is 1. The molecular weight excluding hydrogens is 372 g/mol. The molecule has 2 aromatic carbocycles. The number of benzene rings is 2. The maximum atomic E-state index is 12.4. The number of carbonyl (C=O) groups is 1. The lowest BCUT2D eigenvalue weighted by Crippen LogP contribution is -2.42. The normalized spacial score (nSPS) is 11.9. The summed E-state index contributed by atoms with van der Waals surface area (Å²) in [6, 6.07) is 12.8. The Bertz CT molecular complexity index is 948. The number of carbonyl (C=O) groups excluding carboxylic acids is 1. The van der Waals surface area contributed by atoms with Gasteiger partial charge in [-0.05, 0) is 69.0 Å². The van der Waals surface area contributed by atoms with Gasteiger partial charge in [-0.25, -0.2) is 8.42 Å². The van der Waals surface area contributed by atoms with Crippen molar-refractivity contribution in [1.29, 1.82) is 0 Å². The molecule has 1 N–H and O–H groups in total. The second kappa shape index (κ2) is 8.35. The minimum atomic E-state index is -3.46. The van der Waals surface area contributed by atoms with Gasteiger partial charge in [-0.15, -0.1) is 0 Å². The third-order valence-electron chi connectivity index (χ3n) is 4.91. The first kappa shape index (κ1) is 22.0. The first-order valence-corrected chi connectivity index (χ1v) is 11.2. The number of nitrogens with zero attached hydrogens (tertiary/aromatic N) is 1. The van der Waals surface area contributed by atoms with E-state index in [4.69, 9.17) is 0 Å². The van der Waals surface area contributed by atoms with Crippen LogP contribution in [0.4, 0.5) is 5.69 Å². The van der Waals surface area contributed by atoms with Crippen LogP contribution in [-0.2, 0) is 16.6 Å². The van der Waals surface area contributed by atoms with E-state index in [0.717, 1.165) is 23.1 Å². The van der Waals surface area contributed by atoms with E-state index in [1.54, 1.807) is 24.3 Å². The maximum absolute atomic E-state index is 12.4. The van der Waals surface area contributed by atoms with Crippen molar-refractivity contribution in [3.05, 3.63) is 64.7 Å². The molecule has 0 saturated carbocycles. The van der Waals surface area contributed by atoms with E-state index in [9.17, 15) is 13.2 Å². The molecule has 1 amide bonds. The van der Waals surface area contributed by atoms with Crippen LogP contribution >= 0.6 is 0 Å². The van der Waals surface area contributed by atoms with Gasteiger partial charge in [-0.3, -0.25) is 9.10 Å². The van der Waals surface area contributed by atoms with Gasteiger partial charge in [0, 0.05) is 11.1 Å². The van der Waals surface area contributed by atoms with E-state index < -0.39 is 10.0 Å². The maximum Gasteiger partial charge on any atom is 0.251 e. The van der Waals surface area contributed by atoms with Crippen molar-refractivity contribution in [3.63, 3.8) is 0 Å². The summed E-state index contributed by atoms with van der Waals surface area (Å²) in [7, 11) is -3.46. The van der Waals surface area contributed by atoms with Gasteiger partial charge in [0.15, 0.2) is 0 Å². The Morgan fingerprint density at radius 3 is 2.21 bits per heavy atom. The number of amides is 1. The lowest BCUT2D eigenvalue weighted by molar-refractivity contribution is 0.0911. The molecule has 2 aromatic rings. The molecule has 0 bridgehead atoms. The molecule has 0 atom stereocenters. The Kier molecular flexibility index (Phi) is 6.55. The Balaban J connectivity index is 2.27. The molecule has 0 aromatic heterocycles. The predicted molar refractivity (Wildman–Crippen MR) is 115 cm³/mol. The predicted octanol–water partition coefficient (Wildman–Crippen LogP) is 4.19. The quantitative estimate of drug-likeness (QED) is 0.755. The number of nitrogens with one attached hydrogen (secondary N) is 1. The fourth-order valence-electron chi connectivity index (χ4n) is 2.76. The molecule has 0 fully saturated rings. The SMILES string of the molecule is CCC(C)(C)NC(=O)c1ccc(CN(c2cc(C)ccc2C)S(C)(=O)=O)cc1. The largest absolute Gasteiger partial charge is 0.347 e. The molecule has 152 valence electrons. The Labute approximate surface area is 168 Å². The zero-order chi connectivity index (χ0) is 21.1. The number of hydrogen-bond donors (Lipinski definition) is 1. The van der Waals surface area contributed by atoms with E-state index in [0.29, 0.717) is 11.3 Å². The summed E-state index contributed by atoms with van der Waals surface area (Å²) >= 11 is 0. The van der Waals surface area contributed by atoms with Gasteiger partial charge in [0.25, 0.3) is 5.91 Å². The molecule has 0 radical (unpaired) electrons. The van der Waals surface area contributed by atoms with Gasteiger partial charge in [-0.2, -0.15) is 0 Å². The van der Waals surface area contributed by atoms with E-state index in [1.165, 1.54) is 10.6 Å². The number of rotatable bonds is 7. The summed E-state index contributed by atoms with van der Waals surface area (Å²) in [4.78, 5) is 12.4. The van der Waals surface area contributed by atoms with Crippen LogP contribution < -0.4 is 9.62 Å². The van der Waals surface area contributed by atoms with Crippen molar-refractivity contribution in [3.8, 4) is 0 Å². The van der Waals surface area contributed by atoms with Crippen LogP contribution in [0.5, 0.6) is 0 Å². The highest BCUT2D eigenvalue weighted by Crippen LogP contribution is 2.26. The van der Waals surface area contributed by atoms with Gasteiger partial charge < -0.3 is 5.32 Å². The minimum absolute atomic E-state index is 0.132. The smallest absolute Gasteiger partial charge is 0.251 e. The third kappa shape index (κ3) is 5.58. The van der Waals surface area contributed by atoms with Crippen molar-refractivity contribution in [2.45, 2.75) is 53.1 Å². The summed E-state index contributed by atoms with van der Waals surface area (Å²) in [5, 5.41) is 3.00. The topological polar surface area (TPSA) is 66.5 Å². The van der Waals surface area contributed by atoms with Gasteiger partial charge in [0.1, 0.15) is 0 Å². The average molecular weight is 403 g/mol. The fraction of sp³-hybridized carbons (Fsp3) is 0.409. The first-order chi connectivity index (χ1) is 12.9. The first-order valence-electron chi connectivity index (χ1n) is 9.39. The second-order valence-electron chi connectivity index (χ2n) is 7.95. The number of aryl methyl sites for hydroxylation is 2. The standard InChI is InChI=1S/C22H30N2O3S/c1-7-22(4,5)23-21(25)19-12-10-18(11-13-19)15-24(28(6,26)27)20-14-16(2)8-9-17(20)3/h8-14H,7,15H2,1-6H3,(H,23,25). The molecule has 2 rings (SSSR count). The van der Waals surface area contributed by atoms with E-state index >= 15 is 0 Å². The summed E-state index contributed by atoms with van der Waals surface area (Å²) in [6.45, 7) is 10.0. The van der Waals surface area contributed by atoms with Gasteiger partial charge in [0.2, 0.25) is 10.0 Å². The monoisotopic (exact) mass is 402 g/mol. The van der Waals surface area contributed by atoms with Crippen LogP contribution in [0.25, 0.3) is 0 Å². The molecule has 0 spiro atoms. The lowest BCUT2D eigenvalue weighted by Gasteiger charge is -2.25. The van der Waals surface area contributed by atoms with Crippen LogP contribution in [0.1, 0.15) is 54.2 Å². The van der Waals surface area contributed by atoms with Crippen molar-refractivity contribution in [1.82, 2.24) is 5.32 Å². The molecule has 6 heteroatoms. The molecule has 5 nitrogen and oxygen atoms in total. The highest BCUT2D eigenvalue weighted by atomic mass is 32.2. The van der Waals surface area contributed by atoms with Gasteiger partial charge in [-0.1, -0.05) is 31.2 Å². The zero-order valence-electron chi connectivity index (χ0n) is 17.5. The number of anilines is 1. The van der Waals surface area contributed by atoms with E-state index in [-0.39, 0.29) is 18.0 Å². The van der Waals surface area contributed by atoms with Crippen LogP contribution in [-0.4, -0.2) is 26.1 Å². The molecule has 28 heavy (non-hydrogen) atoms. The highest BCUT2D eigenvalue weighted by Gasteiger charge is 2.21. The molecule has 0 heterocycles. The Hall–Kier alpha value is -2.34. The molecule has 0 aliphatic carbocycles. The fourth-order valence-corrected chi connectivity index (χ4v) is 3.70. The zero-order valence-corrected chi connectivity index (χ0v) is 18.4. The summed E-state index contributed by atoms with van der Waals surface area (Å²) in [6.07, 6.45) is 2.04. The molecule has 0 aliphatic rings. The van der Waals surface area contributed by atoms with Crippen molar-refractivity contribution in [2.24, 2.45) is 0 Å². The summed E-state index contributed by atoms with van der Waals surface area (Å²) in [5.74, 6) is -0.132. The number of hydrogen-bond acceptors (Lipinski definition) is 3. The van der Waals surface area contributed by atoms with Gasteiger partial charge in [0.05, 0.1) is 18.5 Å². The molecule has 0 unspecified atom stereocenters. The third-order valence-corrected chi connectivity index (χ3v) is 6.04. The molecule has 0 saturated heterocycles. The van der Waals surface area contributed by atoms with E-state index in [1.807, 2.05) is 52.8 Å². The van der Waals surface area contributed by atoms with Crippen LogP contribution in [0.15, 0.2) is 42.5 Å². The van der Waals surface area contributed by atoms with Crippen LogP contribution in [0.3, 0.4) is 0 Å². The van der Waals surface area contributed by atoms with Crippen LogP contribution in [0.2, 0.25) is 0 Å². The Morgan fingerprint density at radius 1 is 1.07 bits per heavy atom. The average Bonchev–Trinajstić information content (AvgIpc) is 2.61. The van der Waals surface area contributed by atoms with Gasteiger partial charge >= 0.3 is 0 Å².